The lowest BCUT2D eigenvalue weighted by Gasteiger charge is -2.42. The number of ether oxygens (including phenoxy) is 1. The van der Waals surface area contributed by atoms with Crippen molar-refractivity contribution < 1.29 is 18.8 Å². The Morgan fingerprint density at radius 1 is 0.962 bits per heavy atom. The molecule has 1 atom stereocenters. The van der Waals surface area contributed by atoms with E-state index in [0.29, 0.717) is 22.2 Å². The summed E-state index contributed by atoms with van der Waals surface area (Å²) in [5, 5.41) is 2.76. The molecule has 146 valence electrons. The highest BCUT2D eigenvalue weighted by atomic mass is 28.4. The van der Waals surface area contributed by atoms with Gasteiger partial charge in [0.15, 0.2) is 8.32 Å². The average Bonchev–Trinajstić information content (AvgIpc) is 2.60. The van der Waals surface area contributed by atoms with E-state index in [2.05, 4.69) is 46.9 Å². The van der Waals surface area contributed by atoms with E-state index in [1.165, 1.54) is 7.11 Å². The van der Waals surface area contributed by atoms with Crippen LogP contribution in [0.25, 0.3) is 0 Å². The zero-order chi connectivity index (χ0) is 19.9. The standard InChI is InChI=1S/C20H33NO4Si/c1-14(2)26(15(3)4,16(5)6)25-13-18(20(23)24-7)21-19(22)17-11-9-8-10-12-17/h8-12,14-16,18H,13H2,1-7H3,(H,21,22)/t18-/m0/s1. The molecule has 0 saturated heterocycles. The summed E-state index contributed by atoms with van der Waals surface area (Å²) in [4.78, 5) is 24.6. The first kappa shape index (κ1) is 22.4. The molecule has 5 nitrogen and oxygen atoms in total. The van der Waals surface area contributed by atoms with Crippen LogP contribution in [-0.2, 0) is 14.0 Å². The molecule has 0 saturated carbocycles. The molecule has 1 aromatic carbocycles. The van der Waals surface area contributed by atoms with Crippen LogP contribution in [0, 0.1) is 0 Å². The van der Waals surface area contributed by atoms with Gasteiger partial charge in [0.1, 0.15) is 6.04 Å². The SMILES string of the molecule is COC(=O)[C@H](CO[Si](C(C)C)(C(C)C)C(C)C)NC(=O)c1ccccc1. The minimum Gasteiger partial charge on any atom is -0.467 e. The molecule has 0 aliphatic carbocycles. The van der Waals surface area contributed by atoms with Gasteiger partial charge < -0.3 is 14.5 Å². The molecular weight excluding hydrogens is 346 g/mol. The Morgan fingerprint density at radius 2 is 1.46 bits per heavy atom. The number of benzene rings is 1. The fraction of sp³-hybridized carbons (Fsp3) is 0.600. The molecule has 0 unspecified atom stereocenters. The Morgan fingerprint density at radius 3 is 1.88 bits per heavy atom. The molecule has 6 heteroatoms. The first-order valence-corrected chi connectivity index (χ1v) is 11.4. The summed E-state index contributed by atoms with van der Waals surface area (Å²) in [5.74, 6) is -0.802. The summed E-state index contributed by atoms with van der Waals surface area (Å²) in [6.07, 6.45) is 0. The summed E-state index contributed by atoms with van der Waals surface area (Å²) in [7, 11) is -0.817. The highest BCUT2D eigenvalue weighted by Gasteiger charge is 2.45. The van der Waals surface area contributed by atoms with Crippen LogP contribution in [0.5, 0.6) is 0 Å². The largest absolute Gasteiger partial charge is 0.467 e. The van der Waals surface area contributed by atoms with Gasteiger partial charge in [-0.15, -0.1) is 0 Å². The minimum absolute atomic E-state index is 0.131. The fourth-order valence-electron chi connectivity index (χ4n) is 3.87. The average molecular weight is 380 g/mol. The maximum absolute atomic E-state index is 12.4. The van der Waals surface area contributed by atoms with Gasteiger partial charge in [0.05, 0.1) is 13.7 Å². The van der Waals surface area contributed by atoms with Crippen LogP contribution < -0.4 is 5.32 Å². The van der Waals surface area contributed by atoms with Crippen LogP contribution in [0.15, 0.2) is 30.3 Å². The van der Waals surface area contributed by atoms with E-state index in [0.717, 1.165) is 0 Å². The lowest BCUT2D eigenvalue weighted by atomic mass is 10.2. The van der Waals surface area contributed by atoms with E-state index in [-0.39, 0.29) is 12.5 Å². The predicted octanol–water partition coefficient (Wildman–Crippen LogP) is 4.15. The monoisotopic (exact) mass is 379 g/mol. The van der Waals surface area contributed by atoms with Crippen molar-refractivity contribution in [2.75, 3.05) is 13.7 Å². The number of hydrogen-bond acceptors (Lipinski definition) is 4. The van der Waals surface area contributed by atoms with Crippen LogP contribution in [0.2, 0.25) is 16.6 Å². The van der Waals surface area contributed by atoms with Gasteiger partial charge in [-0.3, -0.25) is 4.79 Å². The molecular formula is C20H33NO4Si. The second-order valence-electron chi connectivity index (χ2n) is 7.54. The summed E-state index contributed by atoms with van der Waals surface area (Å²) < 4.78 is 11.3. The summed E-state index contributed by atoms with van der Waals surface area (Å²) >= 11 is 0. The number of methoxy groups -OCH3 is 1. The van der Waals surface area contributed by atoms with E-state index < -0.39 is 20.3 Å². The smallest absolute Gasteiger partial charge is 0.330 e. The maximum atomic E-state index is 12.4. The van der Waals surface area contributed by atoms with Gasteiger partial charge in [0, 0.05) is 5.56 Å². The van der Waals surface area contributed by atoms with Crippen LogP contribution in [0.4, 0.5) is 0 Å². The molecule has 0 radical (unpaired) electrons. The van der Waals surface area contributed by atoms with Crippen molar-refractivity contribution in [2.24, 2.45) is 0 Å². The Labute approximate surface area is 158 Å². The van der Waals surface area contributed by atoms with Gasteiger partial charge >= 0.3 is 5.97 Å². The lowest BCUT2D eigenvalue weighted by Crippen LogP contribution is -2.52. The number of carbonyl (C=O) groups is 2. The number of rotatable bonds is 9. The molecule has 0 heterocycles. The molecule has 0 aliphatic rings. The van der Waals surface area contributed by atoms with Crippen molar-refractivity contribution >= 4 is 20.2 Å². The van der Waals surface area contributed by atoms with Crippen molar-refractivity contribution in [2.45, 2.75) is 64.2 Å². The first-order valence-electron chi connectivity index (χ1n) is 9.24. The molecule has 0 fully saturated rings. The first-order chi connectivity index (χ1) is 12.2. The van der Waals surface area contributed by atoms with E-state index in [4.69, 9.17) is 9.16 Å². The van der Waals surface area contributed by atoms with Gasteiger partial charge in [0.25, 0.3) is 5.91 Å². The lowest BCUT2D eigenvalue weighted by molar-refractivity contribution is -0.143. The predicted molar refractivity (Wildman–Crippen MR) is 107 cm³/mol. The van der Waals surface area contributed by atoms with E-state index in [1.54, 1.807) is 24.3 Å². The number of hydrogen-bond donors (Lipinski definition) is 1. The molecule has 0 aromatic heterocycles. The van der Waals surface area contributed by atoms with E-state index in [1.807, 2.05) is 6.07 Å². The second-order valence-corrected chi connectivity index (χ2v) is 13.0. The van der Waals surface area contributed by atoms with Crippen molar-refractivity contribution in [3.05, 3.63) is 35.9 Å². The van der Waals surface area contributed by atoms with Gasteiger partial charge in [0.2, 0.25) is 0 Å². The third kappa shape index (κ3) is 5.17. The molecule has 1 rings (SSSR count). The van der Waals surface area contributed by atoms with Gasteiger partial charge in [-0.2, -0.15) is 0 Å². The number of nitrogens with one attached hydrogen (secondary N) is 1. The van der Waals surface area contributed by atoms with Crippen molar-refractivity contribution in [3.63, 3.8) is 0 Å². The Hall–Kier alpha value is -1.66. The van der Waals surface area contributed by atoms with E-state index in [9.17, 15) is 9.59 Å². The highest BCUT2D eigenvalue weighted by Crippen LogP contribution is 2.42. The van der Waals surface area contributed by atoms with Crippen LogP contribution in [-0.4, -0.2) is 40.0 Å². The number of amides is 1. The quantitative estimate of drug-likeness (QED) is 0.517. The van der Waals surface area contributed by atoms with E-state index >= 15 is 0 Å². The fourth-order valence-corrected chi connectivity index (χ4v) is 9.33. The number of carbonyl (C=O) groups excluding carboxylic acids is 2. The van der Waals surface area contributed by atoms with Crippen LogP contribution in [0.1, 0.15) is 51.9 Å². The zero-order valence-corrected chi connectivity index (χ0v) is 18.0. The zero-order valence-electron chi connectivity index (χ0n) is 17.0. The van der Waals surface area contributed by atoms with Crippen molar-refractivity contribution in [3.8, 4) is 0 Å². The highest BCUT2D eigenvalue weighted by molar-refractivity contribution is 6.77. The Bertz CT molecular complexity index is 565. The number of esters is 1. The summed E-state index contributed by atoms with van der Waals surface area (Å²) in [5.41, 5.74) is 1.68. The Kier molecular flexibility index (Phi) is 8.50. The third-order valence-electron chi connectivity index (χ3n) is 5.03. The Balaban J connectivity index is 2.97. The maximum Gasteiger partial charge on any atom is 0.330 e. The normalized spacial score (nSPS) is 13.2. The van der Waals surface area contributed by atoms with Crippen LogP contribution >= 0.6 is 0 Å². The molecule has 1 aromatic rings. The summed E-state index contributed by atoms with van der Waals surface area (Å²) in [6.45, 7) is 13.2. The summed E-state index contributed by atoms with van der Waals surface area (Å²) in [6, 6.07) is 8.00. The molecule has 0 aliphatic heterocycles. The minimum atomic E-state index is -2.14. The topological polar surface area (TPSA) is 64.6 Å². The molecule has 1 amide bonds. The van der Waals surface area contributed by atoms with Gasteiger partial charge in [-0.05, 0) is 28.8 Å². The van der Waals surface area contributed by atoms with Crippen molar-refractivity contribution in [1.82, 2.24) is 5.32 Å². The molecule has 0 bridgehead atoms. The third-order valence-corrected chi connectivity index (χ3v) is 11.1. The van der Waals surface area contributed by atoms with Crippen molar-refractivity contribution in [1.29, 1.82) is 0 Å². The molecule has 26 heavy (non-hydrogen) atoms. The molecule has 0 spiro atoms. The molecule has 1 N–H and O–H groups in total. The van der Waals surface area contributed by atoms with Gasteiger partial charge in [-0.25, -0.2) is 4.79 Å². The second kappa shape index (κ2) is 9.88. The van der Waals surface area contributed by atoms with Crippen LogP contribution in [0.3, 0.4) is 0 Å². The van der Waals surface area contributed by atoms with Gasteiger partial charge in [-0.1, -0.05) is 59.7 Å².